The summed E-state index contributed by atoms with van der Waals surface area (Å²) in [5.41, 5.74) is 0. The minimum absolute atomic E-state index is 0.549. The number of alkyl halides is 1. The fourth-order valence-corrected chi connectivity index (χ4v) is 1.95. The normalized spacial score (nSPS) is 15.2. The van der Waals surface area contributed by atoms with E-state index in [0.29, 0.717) is 12.0 Å². The van der Waals surface area contributed by atoms with Crippen molar-refractivity contribution in [3.63, 3.8) is 0 Å². The molecule has 0 amide bonds. The second-order valence-electron chi connectivity index (χ2n) is 4.04. The summed E-state index contributed by atoms with van der Waals surface area (Å²) < 4.78 is 2.17. The summed E-state index contributed by atoms with van der Waals surface area (Å²) in [7, 11) is 0. The molecule has 1 N–H and O–H groups in total. The molecule has 2 atom stereocenters. The maximum Gasteiger partial charge on any atom is 0.105 e. The zero-order chi connectivity index (χ0) is 11.3. The van der Waals surface area contributed by atoms with E-state index in [9.17, 15) is 0 Å². The smallest absolute Gasteiger partial charge is 0.105 e. The van der Waals surface area contributed by atoms with Gasteiger partial charge in [0.05, 0.1) is 0 Å². The number of halogens is 1. The van der Waals surface area contributed by atoms with Crippen LogP contribution in [-0.4, -0.2) is 27.5 Å². The first kappa shape index (κ1) is 12.7. The number of hydrogen-bond acceptors (Lipinski definition) is 2. The van der Waals surface area contributed by atoms with Crippen LogP contribution in [0.2, 0.25) is 0 Å². The number of aromatic nitrogens is 2. The Morgan fingerprint density at radius 3 is 2.80 bits per heavy atom. The Hall–Kier alpha value is -0.350. The van der Waals surface area contributed by atoms with Crippen molar-refractivity contribution < 1.29 is 0 Å². The van der Waals surface area contributed by atoms with Gasteiger partial charge in [-0.3, -0.25) is 0 Å². The maximum absolute atomic E-state index is 4.19. The van der Waals surface area contributed by atoms with E-state index >= 15 is 0 Å². The number of nitrogens with zero attached hydrogens (tertiary/aromatic N) is 2. The van der Waals surface area contributed by atoms with Crippen LogP contribution < -0.4 is 5.32 Å². The molecule has 4 heteroatoms. The molecule has 86 valence electrons. The molecule has 0 bridgehead atoms. The molecule has 1 aromatic rings. The molecule has 1 aromatic heterocycles. The third kappa shape index (κ3) is 3.95. The van der Waals surface area contributed by atoms with Gasteiger partial charge in [0.15, 0.2) is 0 Å². The molecule has 0 aliphatic heterocycles. The van der Waals surface area contributed by atoms with Gasteiger partial charge in [-0.05, 0) is 19.8 Å². The Bertz CT molecular complexity index is 285. The Morgan fingerprint density at radius 2 is 2.27 bits per heavy atom. The minimum atomic E-state index is 0.549. The molecule has 0 aliphatic rings. The summed E-state index contributed by atoms with van der Waals surface area (Å²) >= 11 is 3.50. The highest BCUT2D eigenvalue weighted by Gasteiger charge is 2.09. The lowest BCUT2D eigenvalue weighted by molar-refractivity contribution is 0.422. The number of imidazole rings is 1. The predicted molar refractivity (Wildman–Crippen MR) is 67.4 cm³/mol. The molecule has 0 aromatic carbocycles. The Balaban J connectivity index is 2.25. The van der Waals surface area contributed by atoms with E-state index in [2.05, 4.69) is 44.6 Å². The molecule has 1 heterocycles. The molecular formula is C11H20BrN3. The molecule has 15 heavy (non-hydrogen) atoms. The zero-order valence-corrected chi connectivity index (χ0v) is 11.3. The molecule has 0 fully saturated rings. The van der Waals surface area contributed by atoms with Crippen LogP contribution in [0.1, 0.15) is 19.7 Å². The van der Waals surface area contributed by atoms with Crippen molar-refractivity contribution >= 4 is 15.9 Å². The lowest BCUT2D eigenvalue weighted by atomic mass is 10.1. The fraction of sp³-hybridized carbons (Fsp3) is 0.727. The molecule has 0 saturated heterocycles. The van der Waals surface area contributed by atoms with Gasteiger partial charge in [-0.15, -0.1) is 0 Å². The summed E-state index contributed by atoms with van der Waals surface area (Å²) in [4.78, 5) is 4.19. The SMILES string of the molecule is Cc1nccn1CCNC(C)C(C)CBr. The van der Waals surface area contributed by atoms with Crippen molar-refractivity contribution in [2.24, 2.45) is 5.92 Å². The van der Waals surface area contributed by atoms with Gasteiger partial charge in [-0.25, -0.2) is 4.98 Å². The monoisotopic (exact) mass is 273 g/mol. The van der Waals surface area contributed by atoms with Crippen molar-refractivity contribution in [2.45, 2.75) is 33.4 Å². The van der Waals surface area contributed by atoms with E-state index in [1.165, 1.54) is 0 Å². The van der Waals surface area contributed by atoms with Gasteiger partial charge in [-0.1, -0.05) is 22.9 Å². The number of rotatable bonds is 6. The van der Waals surface area contributed by atoms with Crippen LogP contribution in [0.3, 0.4) is 0 Å². The van der Waals surface area contributed by atoms with Crippen LogP contribution in [0.4, 0.5) is 0 Å². The molecule has 2 unspecified atom stereocenters. The van der Waals surface area contributed by atoms with Gasteiger partial charge in [0, 0.05) is 36.9 Å². The summed E-state index contributed by atoms with van der Waals surface area (Å²) in [6.45, 7) is 8.49. The average Bonchev–Trinajstić information content (AvgIpc) is 2.63. The molecule has 0 saturated carbocycles. The summed E-state index contributed by atoms with van der Waals surface area (Å²) in [5, 5.41) is 4.57. The second-order valence-corrected chi connectivity index (χ2v) is 4.69. The van der Waals surface area contributed by atoms with Gasteiger partial charge >= 0.3 is 0 Å². The van der Waals surface area contributed by atoms with Gasteiger partial charge in [0.2, 0.25) is 0 Å². The van der Waals surface area contributed by atoms with Crippen LogP contribution in [0.15, 0.2) is 12.4 Å². The number of aryl methyl sites for hydroxylation is 1. The minimum Gasteiger partial charge on any atom is -0.334 e. The van der Waals surface area contributed by atoms with Gasteiger partial charge < -0.3 is 9.88 Å². The Kier molecular flexibility index (Phi) is 5.32. The zero-order valence-electron chi connectivity index (χ0n) is 9.70. The Morgan fingerprint density at radius 1 is 1.53 bits per heavy atom. The first-order valence-corrected chi connectivity index (χ1v) is 6.54. The van der Waals surface area contributed by atoms with Crippen molar-refractivity contribution in [1.82, 2.24) is 14.9 Å². The number of hydrogen-bond donors (Lipinski definition) is 1. The van der Waals surface area contributed by atoms with E-state index in [0.717, 1.165) is 24.2 Å². The van der Waals surface area contributed by atoms with Crippen LogP contribution in [-0.2, 0) is 6.54 Å². The first-order valence-electron chi connectivity index (χ1n) is 5.42. The van der Waals surface area contributed by atoms with E-state index in [4.69, 9.17) is 0 Å². The number of nitrogens with one attached hydrogen (secondary N) is 1. The van der Waals surface area contributed by atoms with E-state index < -0.39 is 0 Å². The summed E-state index contributed by atoms with van der Waals surface area (Å²) in [5.74, 6) is 1.74. The quantitative estimate of drug-likeness (QED) is 0.806. The molecular weight excluding hydrogens is 254 g/mol. The average molecular weight is 274 g/mol. The maximum atomic E-state index is 4.19. The predicted octanol–water partition coefficient (Wildman–Crippen LogP) is 2.20. The second kappa shape index (κ2) is 6.28. The fourth-order valence-electron chi connectivity index (χ4n) is 1.39. The van der Waals surface area contributed by atoms with Crippen LogP contribution in [0.5, 0.6) is 0 Å². The summed E-state index contributed by atoms with van der Waals surface area (Å²) in [6, 6.07) is 0.549. The van der Waals surface area contributed by atoms with Gasteiger partial charge in [0.1, 0.15) is 5.82 Å². The van der Waals surface area contributed by atoms with Gasteiger partial charge in [-0.2, -0.15) is 0 Å². The largest absolute Gasteiger partial charge is 0.334 e. The van der Waals surface area contributed by atoms with Crippen molar-refractivity contribution in [3.05, 3.63) is 18.2 Å². The molecule has 1 rings (SSSR count). The van der Waals surface area contributed by atoms with Crippen molar-refractivity contribution in [3.8, 4) is 0 Å². The highest BCUT2D eigenvalue weighted by atomic mass is 79.9. The summed E-state index contributed by atoms with van der Waals surface area (Å²) in [6.07, 6.45) is 3.87. The van der Waals surface area contributed by atoms with Crippen LogP contribution >= 0.6 is 15.9 Å². The standard InChI is InChI=1S/C11H20BrN3/c1-9(8-12)10(2)13-4-6-15-7-5-14-11(15)3/h5,7,9-10,13H,4,6,8H2,1-3H3. The molecule has 3 nitrogen and oxygen atoms in total. The first-order chi connectivity index (χ1) is 7.15. The lowest BCUT2D eigenvalue weighted by Crippen LogP contribution is -2.35. The third-order valence-corrected chi connectivity index (χ3v) is 3.86. The Labute approximate surface area is 100 Å². The highest BCUT2D eigenvalue weighted by molar-refractivity contribution is 9.09. The van der Waals surface area contributed by atoms with Crippen LogP contribution in [0, 0.1) is 12.8 Å². The van der Waals surface area contributed by atoms with Crippen molar-refractivity contribution in [2.75, 3.05) is 11.9 Å². The van der Waals surface area contributed by atoms with E-state index in [1.54, 1.807) is 0 Å². The van der Waals surface area contributed by atoms with E-state index in [1.807, 2.05) is 19.3 Å². The van der Waals surface area contributed by atoms with E-state index in [-0.39, 0.29) is 0 Å². The van der Waals surface area contributed by atoms with Crippen molar-refractivity contribution in [1.29, 1.82) is 0 Å². The highest BCUT2D eigenvalue weighted by Crippen LogP contribution is 2.05. The third-order valence-electron chi connectivity index (χ3n) is 2.84. The van der Waals surface area contributed by atoms with Crippen LogP contribution in [0.25, 0.3) is 0 Å². The molecule has 0 radical (unpaired) electrons. The molecule has 0 aliphatic carbocycles. The topological polar surface area (TPSA) is 29.9 Å². The van der Waals surface area contributed by atoms with Gasteiger partial charge in [0.25, 0.3) is 0 Å². The lowest BCUT2D eigenvalue weighted by Gasteiger charge is -2.19. The molecule has 0 spiro atoms.